The van der Waals surface area contributed by atoms with Gasteiger partial charge in [0.1, 0.15) is 11.9 Å². The molecule has 1 aromatic carbocycles. The van der Waals surface area contributed by atoms with Crippen molar-refractivity contribution in [3.8, 4) is 11.8 Å². The molecule has 5 rings (SSSR count). The Bertz CT molecular complexity index is 1680. The maximum Gasteiger partial charge on any atom is 0.408 e. The van der Waals surface area contributed by atoms with Crippen LogP contribution in [0.4, 0.5) is 24.8 Å². The van der Waals surface area contributed by atoms with Crippen LogP contribution in [0.1, 0.15) is 44.5 Å². The van der Waals surface area contributed by atoms with Crippen LogP contribution in [0.3, 0.4) is 0 Å². The summed E-state index contributed by atoms with van der Waals surface area (Å²) in [5.41, 5.74) is 1.69. The van der Waals surface area contributed by atoms with Crippen molar-refractivity contribution in [3.63, 3.8) is 0 Å². The Hall–Kier alpha value is -4.24. The van der Waals surface area contributed by atoms with Crippen LogP contribution in [0.15, 0.2) is 47.5 Å². The molecule has 0 saturated carbocycles. The summed E-state index contributed by atoms with van der Waals surface area (Å²) in [6, 6.07) is 11.0. The number of fused-ring (bicyclic) bond motifs is 2. The topological polar surface area (TPSA) is 113 Å². The average Bonchev–Trinajstić information content (AvgIpc) is 3.13. The van der Waals surface area contributed by atoms with Gasteiger partial charge < -0.3 is 10.6 Å². The van der Waals surface area contributed by atoms with Crippen LogP contribution in [-0.2, 0) is 23.9 Å². The molecule has 0 saturated heterocycles. The van der Waals surface area contributed by atoms with Crippen molar-refractivity contribution in [2.24, 2.45) is 0 Å². The molecule has 0 bridgehead atoms. The predicted molar refractivity (Wildman–Crippen MR) is 140 cm³/mol. The maximum absolute atomic E-state index is 13.5. The molecule has 0 atom stereocenters. The number of nitrogens with zero attached hydrogens (tertiary/aromatic N) is 6. The number of benzene rings is 1. The quantitative estimate of drug-likeness (QED) is 0.387. The number of nitrogens with one attached hydrogen (secondary N) is 2. The molecular weight excluding hydrogens is 509 g/mol. The zero-order valence-electron chi connectivity index (χ0n) is 21.9. The first-order chi connectivity index (χ1) is 18.3. The molecule has 3 aromatic heterocycles. The van der Waals surface area contributed by atoms with Crippen LogP contribution in [0, 0.1) is 11.3 Å². The molecule has 1 aliphatic heterocycles. The van der Waals surface area contributed by atoms with E-state index >= 15 is 0 Å². The first-order valence-corrected chi connectivity index (χ1v) is 12.3. The molecule has 4 heterocycles. The lowest BCUT2D eigenvalue weighted by Crippen LogP contribution is -2.38. The van der Waals surface area contributed by atoms with Crippen LogP contribution in [-0.4, -0.2) is 37.0 Å². The van der Waals surface area contributed by atoms with Gasteiger partial charge in [-0.15, -0.1) is 0 Å². The third-order valence-electron chi connectivity index (χ3n) is 6.89. The number of rotatable bonds is 5. The maximum atomic E-state index is 13.5. The van der Waals surface area contributed by atoms with E-state index in [4.69, 9.17) is 0 Å². The van der Waals surface area contributed by atoms with E-state index in [0.717, 1.165) is 16.8 Å². The SMILES string of the molecule is CC(C)(C#N)c1cc(-n2c3nc(Nc4ccc5c(c4)CNCC5(C)C)ncc3c(=O)n2CC(F)(F)F)ccn1. The normalized spacial score (nSPS) is 15.1. The number of pyridine rings is 1. The smallest absolute Gasteiger partial charge is 0.324 e. The molecule has 0 amide bonds. The molecule has 0 aliphatic carbocycles. The van der Waals surface area contributed by atoms with E-state index < -0.39 is 23.7 Å². The molecule has 0 fully saturated rings. The predicted octanol–water partition coefficient (Wildman–Crippen LogP) is 4.47. The highest BCUT2D eigenvalue weighted by molar-refractivity contribution is 5.77. The van der Waals surface area contributed by atoms with Gasteiger partial charge in [-0.25, -0.2) is 14.3 Å². The van der Waals surface area contributed by atoms with Crippen LogP contribution in [0.25, 0.3) is 16.7 Å². The van der Waals surface area contributed by atoms with Gasteiger partial charge in [0.2, 0.25) is 5.95 Å². The zero-order chi connectivity index (χ0) is 28.2. The number of halogens is 3. The monoisotopic (exact) mass is 536 g/mol. The fourth-order valence-corrected chi connectivity index (χ4v) is 4.83. The van der Waals surface area contributed by atoms with Gasteiger partial charge in [0.15, 0.2) is 5.65 Å². The van der Waals surface area contributed by atoms with Crippen molar-refractivity contribution in [1.82, 2.24) is 29.6 Å². The number of aromatic nitrogens is 5. The summed E-state index contributed by atoms with van der Waals surface area (Å²) < 4.78 is 42.3. The Balaban J connectivity index is 1.63. The minimum absolute atomic E-state index is 0.00516. The summed E-state index contributed by atoms with van der Waals surface area (Å²) >= 11 is 0. The van der Waals surface area contributed by atoms with Gasteiger partial charge in [-0.05, 0) is 49.2 Å². The van der Waals surface area contributed by atoms with Gasteiger partial charge in [-0.3, -0.25) is 9.78 Å². The number of hydrogen-bond donors (Lipinski definition) is 2. The minimum atomic E-state index is -4.67. The first-order valence-electron chi connectivity index (χ1n) is 12.3. The number of hydrogen-bond acceptors (Lipinski definition) is 7. The van der Waals surface area contributed by atoms with Gasteiger partial charge in [0.05, 0.1) is 22.9 Å². The molecule has 39 heavy (non-hydrogen) atoms. The molecule has 202 valence electrons. The minimum Gasteiger partial charge on any atom is -0.324 e. The van der Waals surface area contributed by atoms with Crippen molar-refractivity contribution in [3.05, 3.63) is 69.9 Å². The molecule has 2 N–H and O–H groups in total. The van der Waals surface area contributed by atoms with E-state index in [1.54, 1.807) is 13.8 Å². The number of alkyl halides is 3. The lowest BCUT2D eigenvalue weighted by Gasteiger charge is -2.33. The molecule has 0 unspecified atom stereocenters. The second-order valence-corrected chi connectivity index (χ2v) is 10.8. The van der Waals surface area contributed by atoms with Gasteiger partial charge in [0, 0.05) is 36.6 Å². The summed E-state index contributed by atoms with van der Waals surface area (Å²) in [5, 5.41) is 16.0. The largest absolute Gasteiger partial charge is 0.408 e. The Morgan fingerprint density at radius 2 is 1.95 bits per heavy atom. The Morgan fingerprint density at radius 3 is 2.67 bits per heavy atom. The van der Waals surface area contributed by atoms with Crippen LogP contribution >= 0.6 is 0 Å². The highest BCUT2D eigenvalue weighted by Gasteiger charge is 2.32. The summed E-state index contributed by atoms with van der Waals surface area (Å²) in [6.07, 6.45) is -2.06. The molecule has 1 aliphatic rings. The van der Waals surface area contributed by atoms with E-state index in [-0.39, 0.29) is 28.1 Å². The van der Waals surface area contributed by atoms with Crippen molar-refractivity contribution in [2.75, 3.05) is 11.9 Å². The third-order valence-corrected chi connectivity index (χ3v) is 6.89. The van der Waals surface area contributed by atoms with Crippen LogP contribution in [0.2, 0.25) is 0 Å². The fourth-order valence-electron chi connectivity index (χ4n) is 4.83. The van der Waals surface area contributed by atoms with Gasteiger partial charge >= 0.3 is 6.18 Å². The van der Waals surface area contributed by atoms with E-state index in [1.807, 2.05) is 18.2 Å². The highest BCUT2D eigenvalue weighted by Crippen LogP contribution is 2.32. The van der Waals surface area contributed by atoms with E-state index in [2.05, 4.69) is 45.5 Å². The number of nitriles is 1. The van der Waals surface area contributed by atoms with Gasteiger partial charge in [-0.1, -0.05) is 19.9 Å². The number of anilines is 2. The molecule has 9 nitrogen and oxygen atoms in total. The molecule has 4 aromatic rings. The molecule has 0 spiro atoms. The van der Waals surface area contributed by atoms with E-state index in [0.29, 0.717) is 22.6 Å². The lowest BCUT2D eigenvalue weighted by molar-refractivity contribution is -0.144. The Morgan fingerprint density at radius 1 is 1.18 bits per heavy atom. The average molecular weight is 537 g/mol. The van der Waals surface area contributed by atoms with Crippen LogP contribution < -0.4 is 16.2 Å². The third kappa shape index (κ3) is 4.97. The Labute approximate surface area is 222 Å². The standard InChI is InChI=1S/C27H27F3N8O/c1-25(2,13-31)21-10-18(7-8-33-21)38-22-19(23(39)37(38)15-27(28,29)30)12-34-24(36-22)35-17-5-6-20-16(9-17)11-32-14-26(20,3)4/h5-10,12,32H,11,14-15H2,1-4H3,(H,34,35,36). The molecule has 0 radical (unpaired) electrons. The summed E-state index contributed by atoms with van der Waals surface area (Å²) in [6.45, 7) is 7.66. The summed E-state index contributed by atoms with van der Waals surface area (Å²) in [7, 11) is 0. The van der Waals surface area contributed by atoms with Crippen molar-refractivity contribution < 1.29 is 13.2 Å². The molecular formula is C27H27F3N8O. The van der Waals surface area contributed by atoms with Gasteiger partial charge in [-0.2, -0.15) is 23.4 Å². The zero-order valence-corrected chi connectivity index (χ0v) is 21.9. The van der Waals surface area contributed by atoms with E-state index in [1.165, 1.54) is 30.1 Å². The van der Waals surface area contributed by atoms with E-state index in [9.17, 15) is 23.2 Å². The fraction of sp³-hybridized carbons (Fsp3) is 0.370. The lowest BCUT2D eigenvalue weighted by atomic mass is 9.79. The summed E-state index contributed by atoms with van der Waals surface area (Å²) in [5.74, 6) is 0.120. The Kier molecular flexibility index (Phi) is 6.22. The second kappa shape index (κ2) is 9.20. The second-order valence-electron chi connectivity index (χ2n) is 10.8. The first kappa shape index (κ1) is 26.4. The highest BCUT2D eigenvalue weighted by atomic mass is 19.4. The summed E-state index contributed by atoms with van der Waals surface area (Å²) in [4.78, 5) is 26.0. The van der Waals surface area contributed by atoms with Crippen molar-refractivity contribution in [2.45, 2.75) is 57.8 Å². The van der Waals surface area contributed by atoms with Crippen LogP contribution in [0.5, 0.6) is 0 Å². The van der Waals surface area contributed by atoms with Gasteiger partial charge in [0.25, 0.3) is 5.56 Å². The van der Waals surface area contributed by atoms with Crippen molar-refractivity contribution in [1.29, 1.82) is 5.26 Å². The van der Waals surface area contributed by atoms with Crippen molar-refractivity contribution >= 4 is 22.7 Å². The molecule has 12 heteroatoms.